The molecule has 0 heterocycles. The van der Waals surface area contributed by atoms with E-state index in [4.69, 9.17) is 0 Å². The number of nitrogens with zero attached hydrogens (tertiary/aromatic N) is 1. The van der Waals surface area contributed by atoms with E-state index in [9.17, 15) is 19.2 Å². The third-order valence-electron chi connectivity index (χ3n) is 5.17. The van der Waals surface area contributed by atoms with Crippen molar-refractivity contribution in [1.82, 2.24) is 15.5 Å². The summed E-state index contributed by atoms with van der Waals surface area (Å²) in [5.41, 5.74) is 0. The first-order valence-corrected chi connectivity index (χ1v) is 11.7. The summed E-state index contributed by atoms with van der Waals surface area (Å²) in [6, 6.07) is 0. The SMILES string of the molecule is CNC(=O)CC(=O)NCCCN(CCCCCCCC=O)CCCCCCCC=O. The van der Waals surface area contributed by atoms with Crippen LogP contribution in [-0.2, 0) is 19.2 Å². The molecule has 0 aromatic carbocycles. The molecule has 0 aromatic heterocycles. The van der Waals surface area contributed by atoms with Gasteiger partial charge < -0.3 is 25.1 Å². The molecule has 0 unspecified atom stereocenters. The first kappa shape index (κ1) is 28.2. The summed E-state index contributed by atoms with van der Waals surface area (Å²) in [5, 5.41) is 5.26. The molecule has 30 heavy (non-hydrogen) atoms. The normalized spacial score (nSPS) is 10.7. The highest BCUT2D eigenvalue weighted by Gasteiger charge is 2.08. The van der Waals surface area contributed by atoms with Crippen molar-refractivity contribution in [3.8, 4) is 0 Å². The van der Waals surface area contributed by atoms with Crippen LogP contribution in [0, 0.1) is 0 Å². The maximum Gasteiger partial charge on any atom is 0.229 e. The summed E-state index contributed by atoms with van der Waals surface area (Å²) >= 11 is 0. The zero-order chi connectivity index (χ0) is 22.3. The molecule has 2 N–H and O–H groups in total. The second-order valence-corrected chi connectivity index (χ2v) is 7.84. The molecule has 0 rings (SSSR count). The van der Waals surface area contributed by atoms with Crippen LogP contribution in [0.3, 0.4) is 0 Å². The standard InChI is InChI=1S/C23H43N3O4/c1-24-22(29)21-23(30)25-15-14-18-26(16-10-6-2-4-8-12-19-27)17-11-7-3-5-9-13-20-28/h19-20H,2-18,21H2,1H3,(H,24,29)(H,25,30). The zero-order valence-electron chi connectivity index (χ0n) is 19.0. The van der Waals surface area contributed by atoms with E-state index in [1.165, 1.54) is 32.7 Å². The van der Waals surface area contributed by atoms with Gasteiger partial charge in [0.25, 0.3) is 0 Å². The first-order valence-electron chi connectivity index (χ1n) is 11.7. The van der Waals surface area contributed by atoms with Crippen LogP contribution in [0.5, 0.6) is 0 Å². The number of aldehydes is 2. The monoisotopic (exact) mass is 425 g/mol. The Balaban J connectivity index is 4.03. The molecule has 0 fully saturated rings. The van der Waals surface area contributed by atoms with Crippen LogP contribution in [0.25, 0.3) is 0 Å². The van der Waals surface area contributed by atoms with Gasteiger partial charge in [-0.1, -0.05) is 38.5 Å². The summed E-state index contributed by atoms with van der Waals surface area (Å²) in [5.74, 6) is -0.498. The molecule has 174 valence electrons. The van der Waals surface area contributed by atoms with E-state index < -0.39 is 0 Å². The van der Waals surface area contributed by atoms with Crippen LogP contribution in [0.15, 0.2) is 0 Å². The molecule has 7 heteroatoms. The van der Waals surface area contributed by atoms with Gasteiger partial charge in [-0.2, -0.15) is 0 Å². The predicted molar refractivity (Wildman–Crippen MR) is 120 cm³/mol. The maximum absolute atomic E-state index is 11.7. The molecule has 0 aromatic rings. The topological polar surface area (TPSA) is 95.6 Å². The van der Waals surface area contributed by atoms with Gasteiger partial charge in [0.15, 0.2) is 0 Å². The minimum atomic E-state index is -0.268. The van der Waals surface area contributed by atoms with Gasteiger partial charge >= 0.3 is 0 Å². The predicted octanol–water partition coefficient (Wildman–Crippen LogP) is 3.01. The Hall–Kier alpha value is -1.76. The van der Waals surface area contributed by atoms with Gasteiger partial charge in [0, 0.05) is 26.4 Å². The molecular weight excluding hydrogens is 382 g/mol. The van der Waals surface area contributed by atoms with Crippen molar-refractivity contribution < 1.29 is 19.2 Å². The van der Waals surface area contributed by atoms with E-state index in [1.54, 1.807) is 0 Å². The maximum atomic E-state index is 11.7. The Morgan fingerprint density at radius 1 is 0.667 bits per heavy atom. The molecule has 0 aliphatic carbocycles. The van der Waals surface area contributed by atoms with Crippen LogP contribution in [-0.4, -0.2) is 62.5 Å². The number of hydrogen-bond donors (Lipinski definition) is 2. The second-order valence-electron chi connectivity index (χ2n) is 7.84. The number of nitrogens with one attached hydrogen (secondary N) is 2. The fourth-order valence-electron chi connectivity index (χ4n) is 3.35. The molecule has 0 spiro atoms. The first-order chi connectivity index (χ1) is 14.6. The molecule has 0 saturated carbocycles. The Morgan fingerprint density at radius 2 is 1.13 bits per heavy atom. The minimum Gasteiger partial charge on any atom is -0.359 e. The number of amides is 2. The molecule has 7 nitrogen and oxygen atoms in total. The second kappa shape index (κ2) is 21.9. The fraction of sp³-hybridized carbons (Fsp3) is 0.826. The van der Waals surface area contributed by atoms with Crippen LogP contribution in [0.1, 0.15) is 89.9 Å². The summed E-state index contributed by atoms with van der Waals surface area (Å²) in [4.78, 5) is 46.0. The number of unbranched alkanes of at least 4 members (excludes halogenated alkanes) is 10. The van der Waals surface area contributed by atoms with Crippen molar-refractivity contribution in [2.24, 2.45) is 0 Å². The smallest absolute Gasteiger partial charge is 0.229 e. The lowest BCUT2D eigenvalue weighted by Crippen LogP contribution is -2.33. The van der Waals surface area contributed by atoms with Crippen LogP contribution < -0.4 is 10.6 Å². The van der Waals surface area contributed by atoms with Crippen molar-refractivity contribution in [2.75, 3.05) is 33.2 Å². The van der Waals surface area contributed by atoms with Crippen LogP contribution in [0.2, 0.25) is 0 Å². The number of rotatable bonds is 22. The van der Waals surface area contributed by atoms with E-state index in [0.717, 1.165) is 77.2 Å². The lowest BCUT2D eigenvalue weighted by Gasteiger charge is -2.22. The average molecular weight is 426 g/mol. The highest BCUT2D eigenvalue weighted by Crippen LogP contribution is 2.09. The molecule has 0 aliphatic rings. The summed E-state index contributed by atoms with van der Waals surface area (Å²) in [7, 11) is 1.53. The summed E-state index contributed by atoms with van der Waals surface area (Å²) in [6.07, 6.45) is 15.3. The highest BCUT2D eigenvalue weighted by molar-refractivity contribution is 5.96. The third kappa shape index (κ3) is 19.6. The largest absolute Gasteiger partial charge is 0.359 e. The molecule has 0 atom stereocenters. The molecule has 0 saturated heterocycles. The summed E-state index contributed by atoms with van der Waals surface area (Å²) in [6.45, 7) is 3.65. The van der Waals surface area contributed by atoms with E-state index >= 15 is 0 Å². The molecule has 0 radical (unpaired) electrons. The van der Waals surface area contributed by atoms with Crippen molar-refractivity contribution in [3.05, 3.63) is 0 Å². The molecule has 0 aliphatic heterocycles. The average Bonchev–Trinajstić information content (AvgIpc) is 2.74. The molecule has 0 bridgehead atoms. The lowest BCUT2D eigenvalue weighted by molar-refractivity contribution is -0.129. The van der Waals surface area contributed by atoms with Gasteiger partial charge in [-0.25, -0.2) is 0 Å². The van der Waals surface area contributed by atoms with E-state index in [-0.39, 0.29) is 18.2 Å². The van der Waals surface area contributed by atoms with Gasteiger partial charge in [0.1, 0.15) is 19.0 Å². The van der Waals surface area contributed by atoms with Gasteiger partial charge in [-0.15, -0.1) is 0 Å². The summed E-state index contributed by atoms with van der Waals surface area (Å²) < 4.78 is 0. The van der Waals surface area contributed by atoms with Gasteiger partial charge in [-0.3, -0.25) is 9.59 Å². The van der Waals surface area contributed by atoms with Crippen molar-refractivity contribution in [3.63, 3.8) is 0 Å². The lowest BCUT2D eigenvalue weighted by atomic mass is 10.1. The van der Waals surface area contributed by atoms with Crippen molar-refractivity contribution in [2.45, 2.75) is 89.9 Å². The van der Waals surface area contributed by atoms with E-state index in [2.05, 4.69) is 15.5 Å². The van der Waals surface area contributed by atoms with Crippen LogP contribution in [0.4, 0.5) is 0 Å². The Kier molecular flexibility index (Phi) is 20.7. The Labute approximate surface area is 182 Å². The van der Waals surface area contributed by atoms with E-state index in [1.807, 2.05) is 0 Å². The third-order valence-corrected chi connectivity index (χ3v) is 5.17. The van der Waals surface area contributed by atoms with Gasteiger partial charge in [0.05, 0.1) is 0 Å². The van der Waals surface area contributed by atoms with Gasteiger partial charge in [-0.05, 0) is 51.7 Å². The minimum absolute atomic E-state index is 0.117. The molecule has 2 amide bonds. The number of hydrogen-bond acceptors (Lipinski definition) is 5. The quantitative estimate of drug-likeness (QED) is 0.158. The van der Waals surface area contributed by atoms with Crippen molar-refractivity contribution >= 4 is 24.4 Å². The fourth-order valence-corrected chi connectivity index (χ4v) is 3.35. The Bertz CT molecular complexity index is 436. The Morgan fingerprint density at radius 3 is 1.63 bits per heavy atom. The van der Waals surface area contributed by atoms with Gasteiger partial charge in [0.2, 0.25) is 11.8 Å². The van der Waals surface area contributed by atoms with Crippen molar-refractivity contribution in [1.29, 1.82) is 0 Å². The highest BCUT2D eigenvalue weighted by atomic mass is 16.2. The van der Waals surface area contributed by atoms with E-state index in [0.29, 0.717) is 19.4 Å². The molecular formula is C23H43N3O4. The number of carbonyl (C=O) groups excluding carboxylic acids is 4. The van der Waals surface area contributed by atoms with Crippen LogP contribution >= 0.6 is 0 Å². The number of carbonyl (C=O) groups is 4. The zero-order valence-corrected chi connectivity index (χ0v) is 19.0.